The van der Waals surface area contributed by atoms with Crippen molar-refractivity contribution in [1.82, 2.24) is 10.1 Å². The fraction of sp³-hybridized carbons (Fsp3) is 0.636. The molecule has 88 valence electrons. The predicted molar refractivity (Wildman–Crippen MR) is 60.6 cm³/mol. The summed E-state index contributed by atoms with van der Waals surface area (Å²) in [5.41, 5.74) is 0.546. The maximum absolute atomic E-state index is 12.2. The van der Waals surface area contributed by atoms with Gasteiger partial charge < -0.3 is 9.42 Å². The van der Waals surface area contributed by atoms with Gasteiger partial charge in [-0.15, -0.1) is 11.6 Å². The molecular weight excluding hydrogens is 228 g/mol. The van der Waals surface area contributed by atoms with Gasteiger partial charge in [0.05, 0.1) is 6.20 Å². The largest absolute Gasteiger partial charge is 0.361 e. The minimum absolute atomic E-state index is 0.0197. The van der Waals surface area contributed by atoms with Gasteiger partial charge in [-0.25, -0.2) is 0 Å². The maximum Gasteiger partial charge on any atom is 0.259 e. The van der Waals surface area contributed by atoms with Crippen molar-refractivity contribution < 1.29 is 9.32 Å². The molecule has 0 N–H and O–H groups in total. The molecule has 0 aromatic carbocycles. The molecule has 1 amide bonds. The van der Waals surface area contributed by atoms with E-state index in [-0.39, 0.29) is 11.9 Å². The van der Waals surface area contributed by atoms with Gasteiger partial charge in [0, 0.05) is 18.5 Å². The van der Waals surface area contributed by atoms with Gasteiger partial charge in [0.1, 0.15) is 11.3 Å². The van der Waals surface area contributed by atoms with Crippen LogP contribution in [0.4, 0.5) is 0 Å². The first kappa shape index (κ1) is 11.5. The highest BCUT2D eigenvalue weighted by atomic mass is 35.5. The fourth-order valence-corrected chi connectivity index (χ4v) is 2.63. The molecule has 1 fully saturated rings. The average Bonchev–Trinajstić information content (AvgIpc) is 2.83. The third kappa shape index (κ3) is 1.82. The van der Waals surface area contributed by atoms with Crippen LogP contribution in [0, 0.1) is 12.8 Å². The molecule has 16 heavy (non-hydrogen) atoms. The fourth-order valence-electron chi connectivity index (χ4n) is 2.15. The van der Waals surface area contributed by atoms with Crippen LogP contribution in [-0.4, -0.2) is 34.4 Å². The smallest absolute Gasteiger partial charge is 0.259 e. The monoisotopic (exact) mass is 242 g/mol. The van der Waals surface area contributed by atoms with E-state index in [0.29, 0.717) is 23.1 Å². The molecule has 0 bridgehead atoms. The average molecular weight is 243 g/mol. The highest BCUT2D eigenvalue weighted by Gasteiger charge is 2.35. The first-order chi connectivity index (χ1) is 7.65. The summed E-state index contributed by atoms with van der Waals surface area (Å²) < 4.78 is 4.91. The zero-order chi connectivity index (χ0) is 11.7. The van der Waals surface area contributed by atoms with Gasteiger partial charge in [0.25, 0.3) is 5.91 Å². The normalized spacial score (nSPS) is 25.1. The molecule has 2 atom stereocenters. The number of alkyl halides is 1. The number of aryl methyl sites for hydroxylation is 1. The van der Waals surface area contributed by atoms with Crippen LogP contribution in [-0.2, 0) is 0 Å². The topological polar surface area (TPSA) is 46.3 Å². The molecule has 1 aromatic rings. The zero-order valence-corrected chi connectivity index (χ0v) is 10.2. The van der Waals surface area contributed by atoms with E-state index in [9.17, 15) is 4.79 Å². The molecule has 2 rings (SSSR count). The van der Waals surface area contributed by atoms with Crippen LogP contribution in [0.5, 0.6) is 0 Å². The molecule has 0 spiro atoms. The minimum Gasteiger partial charge on any atom is -0.361 e. The third-order valence-corrected chi connectivity index (χ3v) is 3.60. The second-order valence-corrected chi connectivity index (χ2v) is 4.59. The summed E-state index contributed by atoms with van der Waals surface area (Å²) in [5, 5.41) is 3.63. The number of rotatable bonds is 2. The summed E-state index contributed by atoms with van der Waals surface area (Å²) in [4.78, 5) is 14.0. The minimum atomic E-state index is -0.0197. The molecule has 0 radical (unpaired) electrons. The van der Waals surface area contributed by atoms with Crippen molar-refractivity contribution in [3.8, 4) is 0 Å². The van der Waals surface area contributed by atoms with Crippen LogP contribution in [0.15, 0.2) is 10.7 Å². The van der Waals surface area contributed by atoms with E-state index in [1.54, 1.807) is 6.92 Å². The molecule has 1 aromatic heterocycles. The Kier molecular flexibility index (Phi) is 3.19. The van der Waals surface area contributed by atoms with E-state index in [1.807, 2.05) is 4.90 Å². The number of nitrogens with zero attached hydrogens (tertiary/aromatic N) is 2. The lowest BCUT2D eigenvalue weighted by Gasteiger charge is -2.24. The van der Waals surface area contributed by atoms with Gasteiger partial charge >= 0.3 is 0 Å². The first-order valence-corrected chi connectivity index (χ1v) is 5.96. The summed E-state index contributed by atoms with van der Waals surface area (Å²) >= 11 is 5.91. The van der Waals surface area contributed by atoms with Crippen molar-refractivity contribution >= 4 is 17.5 Å². The van der Waals surface area contributed by atoms with Crippen molar-refractivity contribution in [2.45, 2.75) is 26.3 Å². The Hall–Kier alpha value is -1.03. The Morgan fingerprint density at radius 1 is 1.75 bits per heavy atom. The van der Waals surface area contributed by atoms with Gasteiger partial charge in [-0.2, -0.15) is 0 Å². The Morgan fingerprint density at radius 2 is 2.50 bits per heavy atom. The highest BCUT2D eigenvalue weighted by molar-refractivity contribution is 6.18. The van der Waals surface area contributed by atoms with Gasteiger partial charge in [-0.05, 0) is 19.3 Å². The van der Waals surface area contributed by atoms with E-state index in [1.165, 1.54) is 6.20 Å². The zero-order valence-electron chi connectivity index (χ0n) is 9.44. The van der Waals surface area contributed by atoms with Gasteiger partial charge in [-0.3, -0.25) is 4.79 Å². The van der Waals surface area contributed by atoms with Crippen LogP contribution in [0.1, 0.15) is 29.5 Å². The van der Waals surface area contributed by atoms with E-state index in [4.69, 9.17) is 16.1 Å². The molecular formula is C11H15ClN2O2. The van der Waals surface area contributed by atoms with Crippen LogP contribution in [0.25, 0.3) is 0 Å². The number of hydrogen-bond donors (Lipinski definition) is 0. The summed E-state index contributed by atoms with van der Waals surface area (Å²) in [5.74, 6) is 1.49. The molecule has 2 heterocycles. The Morgan fingerprint density at radius 3 is 3.06 bits per heavy atom. The predicted octanol–water partition coefficient (Wildman–Crippen LogP) is 2.07. The molecule has 5 heteroatoms. The summed E-state index contributed by atoms with van der Waals surface area (Å²) in [6.45, 7) is 4.64. The number of carbonyl (C=O) groups excluding carboxylic acids is 1. The Bertz CT molecular complexity index is 391. The second-order valence-electron chi connectivity index (χ2n) is 4.28. The van der Waals surface area contributed by atoms with Crippen molar-refractivity contribution in [2.24, 2.45) is 5.92 Å². The lowest BCUT2D eigenvalue weighted by molar-refractivity contribution is 0.0735. The van der Waals surface area contributed by atoms with E-state index >= 15 is 0 Å². The number of hydrogen-bond acceptors (Lipinski definition) is 3. The van der Waals surface area contributed by atoms with E-state index in [0.717, 1.165) is 13.0 Å². The van der Waals surface area contributed by atoms with Crippen LogP contribution >= 0.6 is 11.6 Å². The maximum atomic E-state index is 12.2. The van der Waals surface area contributed by atoms with Crippen molar-refractivity contribution in [3.05, 3.63) is 17.5 Å². The molecule has 2 unspecified atom stereocenters. The lowest BCUT2D eigenvalue weighted by atomic mass is 10.0. The molecule has 1 aliphatic rings. The molecule has 0 aliphatic carbocycles. The molecule has 4 nitrogen and oxygen atoms in total. The van der Waals surface area contributed by atoms with Crippen LogP contribution < -0.4 is 0 Å². The molecule has 1 saturated heterocycles. The Labute approximate surface area is 99.5 Å². The summed E-state index contributed by atoms with van der Waals surface area (Å²) in [6.07, 6.45) is 2.49. The van der Waals surface area contributed by atoms with Gasteiger partial charge in [0.15, 0.2) is 0 Å². The number of amides is 1. The van der Waals surface area contributed by atoms with Gasteiger partial charge in [0.2, 0.25) is 0 Å². The number of aromatic nitrogens is 1. The number of halogens is 1. The summed E-state index contributed by atoms with van der Waals surface area (Å²) in [7, 11) is 0. The number of likely N-dealkylation sites (tertiary alicyclic amines) is 1. The standard InChI is InChI=1S/C11H15ClN2O2/c1-7-3-4-14(10(7)5-12)11(15)9-6-13-16-8(9)2/h6-7,10H,3-5H2,1-2H3. The van der Waals surface area contributed by atoms with Gasteiger partial charge in [-0.1, -0.05) is 12.1 Å². The number of carbonyl (C=O) groups is 1. The van der Waals surface area contributed by atoms with E-state index < -0.39 is 0 Å². The SMILES string of the molecule is Cc1oncc1C(=O)N1CCC(C)C1CCl. The molecule has 0 saturated carbocycles. The first-order valence-electron chi connectivity index (χ1n) is 5.43. The molecule has 1 aliphatic heterocycles. The van der Waals surface area contributed by atoms with Crippen molar-refractivity contribution in [1.29, 1.82) is 0 Å². The van der Waals surface area contributed by atoms with Crippen LogP contribution in [0.3, 0.4) is 0 Å². The highest BCUT2D eigenvalue weighted by Crippen LogP contribution is 2.27. The third-order valence-electron chi connectivity index (χ3n) is 3.28. The Balaban J connectivity index is 2.20. The quantitative estimate of drug-likeness (QED) is 0.746. The van der Waals surface area contributed by atoms with Crippen molar-refractivity contribution in [2.75, 3.05) is 12.4 Å². The van der Waals surface area contributed by atoms with Crippen molar-refractivity contribution in [3.63, 3.8) is 0 Å². The lowest BCUT2D eigenvalue weighted by Crippen LogP contribution is -2.38. The van der Waals surface area contributed by atoms with Crippen LogP contribution in [0.2, 0.25) is 0 Å². The van der Waals surface area contributed by atoms with E-state index in [2.05, 4.69) is 12.1 Å². The summed E-state index contributed by atoms with van der Waals surface area (Å²) in [6, 6.07) is 0.128. The second kappa shape index (κ2) is 4.45.